The van der Waals surface area contributed by atoms with Crippen molar-refractivity contribution in [2.75, 3.05) is 0 Å². The number of ketones is 2. The third-order valence-electron chi connectivity index (χ3n) is 2.79. The number of aromatic nitrogens is 1. The quantitative estimate of drug-likeness (QED) is 0.645. The van der Waals surface area contributed by atoms with Crippen LogP contribution in [0.15, 0.2) is 42.6 Å². The Balaban J connectivity index is 2.11. The summed E-state index contributed by atoms with van der Waals surface area (Å²) in [6.45, 7) is 1.55. The number of allylic oxidation sites excluding steroid dienone is 2. The summed E-state index contributed by atoms with van der Waals surface area (Å²) >= 11 is 0. The van der Waals surface area contributed by atoms with Crippen LogP contribution in [0.5, 0.6) is 0 Å². The molecule has 0 fully saturated rings. The fourth-order valence-electron chi connectivity index (χ4n) is 1.84. The number of Topliss-reactive ketones (excluding diaryl/α,β-unsaturated/α-hetero) is 1. The predicted molar refractivity (Wildman–Crippen MR) is 71.7 cm³/mol. The Bertz CT molecular complexity index is 608. The van der Waals surface area contributed by atoms with Gasteiger partial charge in [-0.3, -0.25) is 4.79 Å². The van der Waals surface area contributed by atoms with Gasteiger partial charge in [-0.05, 0) is 25.5 Å². The predicted octanol–water partition coefficient (Wildman–Crippen LogP) is 3.28. The molecule has 0 atom stereocenters. The minimum atomic E-state index is -0.0315. The fraction of sp³-hybridized carbons (Fsp3) is 0.200. The molecule has 3 heteroatoms. The molecule has 1 aromatic carbocycles. The van der Waals surface area contributed by atoms with Crippen molar-refractivity contribution in [1.29, 1.82) is 0 Å². The minimum Gasteiger partial charge on any atom is -0.360 e. The summed E-state index contributed by atoms with van der Waals surface area (Å²) in [5.74, 6) is 0.107. The summed E-state index contributed by atoms with van der Waals surface area (Å²) in [7, 11) is 0. The second kappa shape index (κ2) is 5.45. The van der Waals surface area contributed by atoms with Crippen molar-refractivity contribution >= 4 is 22.5 Å². The van der Waals surface area contributed by atoms with Gasteiger partial charge in [-0.2, -0.15) is 0 Å². The largest absolute Gasteiger partial charge is 0.360 e. The van der Waals surface area contributed by atoms with Crippen LogP contribution in [0.4, 0.5) is 0 Å². The molecule has 3 nitrogen and oxygen atoms in total. The Labute approximate surface area is 106 Å². The van der Waals surface area contributed by atoms with E-state index in [4.69, 9.17) is 0 Å². The molecule has 1 heterocycles. The van der Waals surface area contributed by atoms with Crippen LogP contribution in [0.25, 0.3) is 10.9 Å². The summed E-state index contributed by atoms with van der Waals surface area (Å²) < 4.78 is 0. The molecule has 0 unspecified atom stereocenters. The number of para-hydroxylation sites is 1. The fourth-order valence-corrected chi connectivity index (χ4v) is 1.84. The molecule has 0 spiro atoms. The van der Waals surface area contributed by atoms with Crippen LogP contribution in [0.3, 0.4) is 0 Å². The number of H-pyrrole nitrogens is 1. The van der Waals surface area contributed by atoms with Gasteiger partial charge in [-0.25, -0.2) is 0 Å². The SMILES string of the molecule is CC(=O)CC/C=C/C(=O)c1c[nH]c2ccccc12. The summed E-state index contributed by atoms with van der Waals surface area (Å²) in [5.41, 5.74) is 1.63. The number of rotatable bonds is 5. The maximum absolute atomic E-state index is 12.0. The van der Waals surface area contributed by atoms with Crippen LogP contribution in [0.1, 0.15) is 30.1 Å². The van der Waals surface area contributed by atoms with Gasteiger partial charge in [-0.1, -0.05) is 24.3 Å². The van der Waals surface area contributed by atoms with Crippen LogP contribution in [-0.4, -0.2) is 16.6 Å². The monoisotopic (exact) mass is 241 g/mol. The topological polar surface area (TPSA) is 49.9 Å². The number of hydrogen-bond acceptors (Lipinski definition) is 2. The van der Waals surface area contributed by atoms with Gasteiger partial charge in [0, 0.05) is 29.1 Å². The zero-order chi connectivity index (χ0) is 13.0. The highest BCUT2D eigenvalue weighted by Crippen LogP contribution is 2.18. The van der Waals surface area contributed by atoms with Crippen LogP contribution in [0.2, 0.25) is 0 Å². The lowest BCUT2D eigenvalue weighted by Gasteiger charge is -1.93. The lowest BCUT2D eigenvalue weighted by Crippen LogP contribution is -1.93. The zero-order valence-electron chi connectivity index (χ0n) is 10.3. The first kappa shape index (κ1) is 12.3. The first-order chi connectivity index (χ1) is 8.68. The molecule has 0 aliphatic heterocycles. The van der Waals surface area contributed by atoms with Crippen molar-refractivity contribution in [3.63, 3.8) is 0 Å². The van der Waals surface area contributed by atoms with Crippen molar-refractivity contribution in [2.24, 2.45) is 0 Å². The van der Waals surface area contributed by atoms with Crippen molar-refractivity contribution in [1.82, 2.24) is 4.98 Å². The van der Waals surface area contributed by atoms with E-state index < -0.39 is 0 Å². The Hall–Kier alpha value is -2.16. The zero-order valence-corrected chi connectivity index (χ0v) is 10.3. The third-order valence-corrected chi connectivity index (χ3v) is 2.79. The molecule has 2 rings (SSSR count). The molecule has 0 bridgehead atoms. The van der Waals surface area contributed by atoms with Gasteiger partial charge < -0.3 is 9.78 Å². The molecule has 1 N–H and O–H groups in total. The number of carbonyl (C=O) groups excluding carboxylic acids is 2. The van der Waals surface area contributed by atoms with E-state index in [1.54, 1.807) is 25.3 Å². The van der Waals surface area contributed by atoms with Gasteiger partial charge in [0.15, 0.2) is 5.78 Å². The van der Waals surface area contributed by atoms with E-state index >= 15 is 0 Å². The van der Waals surface area contributed by atoms with Crippen LogP contribution in [0, 0.1) is 0 Å². The van der Waals surface area contributed by atoms with Crippen LogP contribution < -0.4 is 0 Å². The van der Waals surface area contributed by atoms with E-state index in [0.717, 1.165) is 10.9 Å². The molecule has 0 saturated carbocycles. The summed E-state index contributed by atoms with van der Waals surface area (Å²) in [6, 6.07) is 7.69. The average molecular weight is 241 g/mol. The Morgan fingerprint density at radius 3 is 2.83 bits per heavy atom. The molecule has 0 amide bonds. The van der Waals surface area contributed by atoms with E-state index in [1.807, 2.05) is 24.3 Å². The van der Waals surface area contributed by atoms with Crippen molar-refractivity contribution in [2.45, 2.75) is 19.8 Å². The maximum Gasteiger partial charge on any atom is 0.187 e. The van der Waals surface area contributed by atoms with Gasteiger partial charge in [0.2, 0.25) is 0 Å². The Morgan fingerprint density at radius 1 is 1.28 bits per heavy atom. The molecule has 0 aliphatic carbocycles. The molecule has 0 saturated heterocycles. The standard InChI is InChI=1S/C15H15NO2/c1-11(17)6-2-5-9-15(18)13-10-16-14-8-4-3-7-12(13)14/h3-5,7-10,16H,2,6H2,1H3/b9-5+. The number of nitrogens with one attached hydrogen (secondary N) is 1. The van der Waals surface area contributed by atoms with Gasteiger partial charge >= 0.3 is 0 Å². The van der Waals surface area contributed by atoms with E-state index in [1.165, 1.54) is 0 Å². The molecule has 1 aromatic heterocycles. The number of hydrogen-bond donors (Lipinski definition) is 1. The minimum absolute atomic E-state index is 0.0315. The molecular formula is C15H15NO2. The lowest BCUT2D eigenvalue weighted by molar-refractivity contribution is -0.116. The van der Waals surface area contributed by atoms with Gasteiger partial charge in [-0.15, -0.1) is 0 Å². The molecule has 0 aliphatic rings. The summed E-state index contributed by atoms with van der Waals surface area (Å²) in [4.78, 5) is 25.8. The highest BCUT2D eigenvalue weighted by molar-refractivity contribution is 6.13. The second-order valence-electron chi connectivity index (χ2n) is 4.26. The number of carbonyl (C=O) groups is 2. The van der Waals surface area contributed by atoms with Gasteiger partial charge in [0.05, 0.1) is 0 Å². The van der Waals surface area contributed by atoms with E-state index in [-0.39, 0.29) is 11.6 Å². The van der Waals surface area contributed by atoms with Crippen molar-refractivity contribution in [3.8, 4) is 0 Å². The number of fused-ring (bicyclic) bond motifs is 1. The molecule has 0 radical (unpaired) electrons. The van der Waals surface area contributed by atoms with Crippen LogP contribution >= 0.6 is 0 Å². The highest BCUT2D eigenvalue weighted by atomic mass is 16.1. The van der Waals surface area contributed by atoms with Crippen LogP contribution in [-0.2, 0) is 4.79 Å². The molecule has 18 heavy (non-hydrogen) atoms. The lowest BCUT2D eigenvalue weighted by atomic mass is 10.1. The summed E-state index contributed by atoms with van der Waals surface area (Å²) in [6.07, 6.45) is 6.12. The van der Waals surface area contributed by atoms with Gasteiger partial charge in [0.25, 0.3) is 0 Å². The molecular weight excluding hydrogens is 226 g/mol. The molecule has 92 valence electrons. The van der Waals surface area contributed by atoms with Crippen molar-refractivity contribution in [3.05, 3.63) is 48.2 Å². The first-order valence-corrected chi connectivity index (χ1v) is 5.95. The third kappa shape index (κ3) is 2.74. The van der Waals surface area contributed by atoms with E-state index in [9.17, 15) is 9.59 Å². The number of aromatic amines is 1. The smallest absolute Gasteiger partial charge is 0.187 e. The van der Waals surface area contributed by atoms with Crippen molar-refractivity contribution < 1.29 is 9.59 Å². The molecule has 2 aromatic rings. The first-order valence-electron chi connectivity index (χ1n) is 5.95. The summed E-state index contributed by atoms with van der Waals surface area (Å²) in [5, 5.41) is 0.929. The van der Waals surface area contributed by atoms with E-state index in [2.05, 4.69) is 4.98 Å². The van der Waals surface area contributed by atoms with E-state index in [0.29, 0.717) is 18.4 Å². The second-order valence-corrected chi connectivity index (χ2v) is 4.26. The van der Waals surface area contributed by atoms with Gasteiger partial charge in [0.1, 0.15) is 5.78 Å². The highest BCUT2D eigenvalue weighted by Gasteiger charge is 2.08. The normalized spacial score (nSPS) is 11.2. The maximum atomic E-state index is 12.0. The average Bonchev–Trinajstić information content (AvgIpc) is 2.78. The Morgan fingerprint density at radius 2 is 2.06 bits per heavy atom. The Kier molecular flexibility index (Phi) is 3.72. The number of benzene rings is 1.